The van der Waals surface area contributed by atoms with Gasteiger partial charge < -0.3 is 36.3 Å². The lowest BCUT2D eigenvalue weighted by molar-refractivity contribution is 0.0198. The number of nitrogen functional groups attached to an aromatic ring is 2. The largest absolute Gasteiger partial charge is 0.495 e. The van der Waals surface area contributed by atoms with E-state index >= 15 is 0 Å². The second kappa shape index (κ2) is 10.2. The molecule has 2 saturated heterocycles. The number of methoxy groups -OCH3 is 1. The predicted octanol–water partition coefficient (Wildman–Crippen LogP) is 2.38. The van der Waals surface area contributed by atoms with Crippen molar-refractivity contribution >= 4 is 29.0 Å². The Morgan fingerprint density at radius 3 is 2.53 bits per heavy atom. The molecule has 3 heterocycles. The molecular formula is C22H33N7O3. The summed E-state index contributed by atoms with van der Waals surface area (Å²) in [6, 6.07) is 6.62. The van der Waals surface area contributed by atoms with Crippen molar-refractivity contribution in [1.82, 2.24) is 14.9 Å². The van der Waals surface area contributed by atoms with Gasteiger partial charge in [0.1, 0.15) is 11.4 Å². The minimum Gasteiger partial charge on any atom is -0.495 e. The Morgan fingerprint density at radius 2 is 1.81 bits per heavy atom. The highest BCUT2D eigenvalue weighted by atomic mass is 16.5. The normalized spacial score (nSPS) is 18.8. The van der Waals surface area contributed by atoms with Crippen LogP contribution in [0.3, 0.4) is 0 Å². The third kappa shape index (κ3) is 5.14. The van der Waals surface area contributed by atoms with Crippen molar-refractivity contribution in [3.05, 3.63) is 23.8 Å². The molecule has 10 nitrogen and oxygen atoms in total. The Hall–Kier alpha value is -2.82. The highest BCUT2D eigenvalue weighted by Gasteiger charge is 2.21. The van der Waals surface area contributed by atoms with Crippen LogP contribution in [-0.2, 0) is 9.47 Å². The maximum atomic E-state index is 6.13. The second-order valence-electron chi connectivity index (χ2n) is 8.13. The van der Waals surface area contributed by atoms with E-state index in [1.165, 1.54) is 5.56 Å². The molecule has 6 N–H and O–H groups in total. The first-order valence-electron chi connectivity index (χ1n) is 11.1. The fourth-order valence-electron chi connectivity index (χ4n) is 4.05. The van der Waals surface area contributed by atoms with Gasteiger partial charge in [0, 0.05) is 38.4 Å². The first-order valence-corrected chi connectivity index (χ1v) is 11.1. The zero-order valence-electron chi connectivity index (χ0n) is 18.8. The third-order valence-electron chi connectivity index (χ3n) is 6.09. The third-order valence-corrected chi connectivity index (χ3v) is 6.09. The Morgan fingerprint density at radius 1 is 1.09 bits per heavy atom. The lowest BCUT2D eigenvalue weighted by Crippen LogP contribution is -2.38. The van der Waals surface area contributed by atoms with Crippen molar-refractivity contribution in [1.29, 1.82) is 0 Å². The molecule has 10 heteroatoms. The molecule has 32 heavy (non-hydrogen) atoms. The van der Waals surface area contributed by atoms with Gasteiger partial charge in [0.2, 0.25) is 5.95 Å². The molecule has 4 rings (SSSR count). The van der Waals surface area contributed by atoms with Crippen LogP contribution in [0.25, 0.3) is 0 Å². The zero-order valence-corrected chi connectivity index (χ0v) is 18.8. The van der Waals surface area contributed by atoms with Gasteiger partial charge in [-0.2, -0.15) is 9.97 Å². The van der Waals surface area contributed by atoms with Crippen LogP contribution in [0.4, 0.5) is 29.0 Å². The van der Waals surface area contributed by atoms with Crippen molar-refractivity contribution in [2.45, 2.75) is 31.8 Å². The maximum absolute atomic E-state index is 6.13. The SMILES string of the molecule is COc1cc(C(C)N2CCOCC2)ccc1Nc1nc(N)c(N)c(NC2CCOCC2)n1. The van der Waals surface area contributed by atoms with E-state index in [1.54, 1.807) is 7.11 Å². The number of aromatic nitrogens is 2. The summed E-state index contributed by atoms with van der Waals surface area (Å²) in [5.74, 6) is 1.83. The number of hydrogen-bond donors (Lipinski definition) is 4. The fourth-order valence-corrected chi connectivity index (χ4v) is 4.05. The number of hydrogen-bond acceptors (Lipinski definition) is 10. The number of nitrogens with zero attached hydrogens (tertiary/aromatic N) is 3. The van der Waals surface area contributed by atoms with Crippen LogP contribution >= 0.6 is 0 Å². The van der Waals surface area contributed by atoms with Gasteiger partial charge in [-0.15, -0.1) is 0 Å². The Labute approximate surface area is 188 Å². The van der Waals surface area contributed by atoms with E-state index in [9.17, 15) is 0 Å². The van der Waals surface area contributed by atoms with E-state index in [2.05, 4.69) is 38.5 Å². The molecule has 0 saturated carbocycles. The standard InChI is InChI=1S/C22H33N7O3/c1-14(29-7-11-32-12-8-29)15-3-4-17(18(13-15)30-2)26-22-27-20(24)19(23)21(28-22)25-16-5-9-31-10-6-16/h3-4,13-14,16H,5-12,23H2,1-2H3,(H4,24,25,26,27,28). The summed E-state index contributed by atoms with van der Waals surface area (Å²) in [7, 11) is 1.65. The van der Waals surface area contributed by atoms with Gasteiger partial charge in [-0.1, -0.05) is 6.07 Å². The summed E-state index contributed by atoms with van der Waals surface area (Å²) < 4.78 is 16.5. The molecular weight excluding hydrogens is 410 g/mol. The molecule has 0 spiro atoms. The topological polar surface area (TPSA) is 133 Å². The van der Waals surface area contributed by atoms with E-state index < -0.39 is 0 Å². The summed E-state index contributed by atoms with van der Waals surface area (Å²) in [6.07, 6.45) is 1.78. The first-order chi connectivity index (χ1) is 15.5. The summed E-state index contributed by atoms with van der Waals surface area (Å²) in [5, 5.41) is 6.62. The summed E-state index contributed by atoms with van der Waals surface area (Å²) >= 11 is 0. The summed E-state index contributed by atoms with van der Waals surface area (Å²) in [6.45, 7) is 7.01. The number of nitrogens with one attached hydrogen (secondary N) is 2. The monoisotopic (exact) mass is 443 g/mol. The maximum Gasteiger partial charge on any atom is 0.231 e. The molecule has 1 atom stereocenters. The Bertz CT molecular complexity index is 915. The average Bonchev–Trinajstić information content (AvgIpc) is 2.83. The molecule has 174 valence electrons. The summed E-state index contributed by atoms with van der Waals surface area (Å²) in [4.78, 5) is 11.3. The minimum absolute atomic E-state index is 0.230. The number of benzene rings is 1. The molecule has 0 aliphatic carbocycles. The lowest BCUT2D eigenvalue weighted by Gasteiger charge is -2.32. The van der Waals surface area contributed by atoms with Crippen molar-refractivity contribution in [2.75, 3.05) is 68.7 Å². The highest BCUT2D eigenvalue weighted by molar-refractivity contribution is 5.76. The molecule has 0 amide bonds. The zero-order chi connectivity index (χ0) is 22.5. The number of nitrogens with two attached hydrogens (primary N) is 2. The molecule has 2 aliphatic rings. The number of anilines is 5. The summed E-state index contributed by atoms with van der Waals surface area (Å²) in [5.41, 5.74) is 14.5. The van der Waals surface area contributed by atoms with Gasteiger partial charge in [-0.3, -0.25) is 4.90 Å². The van der Waals surface area contributed by atoms with Gasteiger partial charge in [0.25, 0.3) is 0 Å². The van der Waals surface area contributed by atoms with Crippen molar-refractivity contribution in [3.8, 4) is 5.75 Å². The molecule has 0 radical (unpaired) electrons. The van der Waals surface area contributed by atoms with E-state index in [1.807, 2.05) is 12.1 Å². The van der Waals surface area contributed by atoms with Gasteiger partial charge in [-0.25, -0.2) is 0 Å². The van der Waals surface area contributed by atoms with Crippen LogP contribution in [0.15, 0.2) is 18.2 Å². The van der Waals surface area contributed by atoms with Crippen LogP contribution in [0, 0.1) is 0 Å². The number of rotatable bonds is 7. The molecule has 2 aliphatic heterocycles. The van der Waals surface area contributed by atoms with E-state index in [0.29, 0.717) is 23.2 Å². The smallest absolute Gasteiger partial charge is 0.231 e. The number of ether oxygens (including phenoxy) is 3. The van der Waals surface area contributed by atoms with Crippen molar-refractivity contribution < 1.29 is 14.2 Å². The van der Waals surface area contributed by atoms with Gasteiger partial charge in [0.15, 0.2) is 11.6 Å². The van der Waals surface area contributed by atoms with E-state index in [-0.39, 0.29) is 17.9 Å². The molecule has 0 bridgehead atoms. The van der Waals surface area contributed by atoms with Crippen molar-refractivity contribution in [3.63, 3.8) is 0 Å². The molecule has 1 aromatic carbocycles. The molecule has 1 unspecified atom stereocenters. The Kier molecular flexibility index (Phi) is 7.13. The van der Waals surface area contributed by atoms with E-state index in [4.69, 9.17) is 25.7 Å². The van der Waals surface area contributed by atoms with Crippen LogP contribution in [0.1, 0.15) is 31.4 Å². The van der Waals surface area contributed by atoms with Gasteiger partial charge in [0.05, 0.1) is 26.0 Å². The van der Waals surface area contributed by atoms with Gasteiger partial charge in [-0.05, 0) is 37.5 Å². The predicted molar refractivity (Wildman–Crippen MR) is 125 cm³/mol. The average molecular weight is 444 g/mol. The number of morpholine rings is 1. The molecule has 2 fully saturated rings. The van der Waals surface area contributed by atoms with Crippen LogP contribution in [0.5, 0.6) is 5.75 Å². The first kappa shape index (κ1) is 22.4. The van der Waals surface area contributed by atoms with Crippen LogP contribution < -0.4 is 26.8 Å². The molecule has 1 aromatic heterocycles. The fraction of sp³-hybridized carbons (Fsp3) is 0.545. The van der Waals surface area contributed by atoms with Crippen LogP contribution in [-0.4, -0.2) is 67.5 Å². The van der Waals surface area contributed by atoms with Crippen LogP contribution in [0.2, 0.25) is 0 Å². The quantitative estimate of drug-likeness (QED) is 0.505. The van der Waals surface area contributed by atoms with Gasteiger partial charge >= 0.3 is 0 Å². The Balaban J connectivity index is 1.52. The lowest BCUT2D eigenvalue weighted by atomic mass is 10.1. The molecule has 2 aromatic rings. The van der Waals surface area contributed by atoms with Crippen molar-refractivity contribution in [2.24, 2.45) is 0 Å². The van der Waals surface area contributed by atoms with E-state index in [0.717, 1.165) is 58.0 Å². The minimum atomic E-state index is 0.230. The highest BCUT2D eigenvalue weighted by Crippen LogP contribution is 2.33. The second-order valence-corrected chi connectivity index (χ2v) is 8.13.